The van der Waals surface area contributed by atoms with E-state index in [4.69, 9.17) is 9.47 Å². The van der Waals surface area contributed by atoms with Crippen LogP contribution in [-0.2, 0) is 0 Å². The van der Waals surface area contributed by atoms with Gasteiger partial charge in [-0.2, -0.15) is 0 Å². The molecule has 23 heavy (non-hydrogen) atoms. The van der Waals surface area contributed by atoms with Crippen molar-refractivity contribution in [1.29, 1.82) is 0 Å². The summed E-state index contributed by atoms with van der Waals surface area (Å²) in [4.78, 5) is 13.5. The van der Waals surface area contributed by atoms with Crippen molar-refractivity contribution < 1.29 is 14.3 Å². The van der Waals surface area contributed by atoms with Gasteiger partial charge >= 0.3 is 0 Å². The molecule has 2 aromatic carbocycles. The number of hydrogen-bond acceptors (Lipinski definition) is 4. The first-order valence-corrected chi connectivity index (χ1v) is 8.42. The number of amides is 1. The average molecular weight is 331 g/mol. The van der Waals surface area contributed by atoms with Gasteiger partial charge in [0.2, 0.25) is 0 Å². The molecule has 0 heterocycles. The van der Waals surface area contributed by atoms with E-state index in [1.165, 1.54) is 12.0 Å². The van der Waals surface area contributed by atoms with Gasteiger partial charge < -0.3 is 14.8 Å². The maximum absolute atomic E-state index is 12.3. The molecule has 0 aliphatic carbocycles. The largest absolute Gasteiger partial charge is 0.493 e. The highest BCUT2D eigenvalue weighted by molar-refractivity contribution is 7.99. The quantitative estimate of drug-likeness (QED) is 0.593. The fourth-order valence-corrected chi connectivity index (χ4v) is 3.02. The topological polar surface area (TPSA) is 47.6 Å². The van der Waals surface area contributed by atoms with Crippen molar-refractivity contribution in [3.63, 3.8) is 0 Å². The lowest BCUT2D eigenvalue weighted by molar-refractivity contribution is 0.0950. The fraction of sp³-hybridized carbons (Fsp3) is 0.278. The van der Waals surface area contributed by atoms with Crippen LogP contribution in [0, 0.1) is 0 Å². The van der Waals surface area contributed by atoms with Gasteiger partial charge in [0.25, 0.3) is 5.91 Å². The summed E-state index contributed by atoms with van der Waals surface area (Å²) in [6.45, 7) is 0.624. The van der Waals surface area contributed by atoms with Gasteiger partial charge in [-0.1, -0.05) is 24.3 Å². The second-order valence-corrected chi connectivity index (χ2v) is 5.98. The summed E-state index contributed by atoms with van der Waals surface area (Å²) >= 11 is 1.79. The molecule has 0 spiro atoms. The summed E-state index contributed by atoms with van der Waals surface area (Å²) in [5, 5.41) is 2.92. The van der Waals surface area contributed by atoms with Gasteiger partial charge in [-0.15, -0.1) is 11.8 Å². The van der Waals surface area contributed by atoms with Gasteiger partial charge in [-0.05, 0) is 36.4 Å². The zero-order valence-corrected chi connectivity index (χ0v) is 14.2. The van der Waals surface area contributed by atoms with Crippen LogP contribution in [0.25, 0.3) is 0 Å². The first kappa shape index (κ1) is 17.2. The summed E-state index contributed by atoms with van der Waals surface area (Å²) in [5.41, 5.74) is 0.488. The molecule has 5 heteroatoms. The minimum atomic E-state index is -0.148. The molecule has 0 unspecified atom stereocenters. The Morgan fingerprint density at radius 2 is 1.83 bits per heavy atom. The van der Waals surface area contributed by atoms with E-state index in [1.54, 1.807) is 37.1 Å². The number of carbonyl (C=O) groups is 1. The molecule has 0 aliphatic rings. The standard InChI is InChI=1S/C18H21NO3S/c1-21-16-11-6-10-15(17(16)22-2)18(20)19-12-7-13-23-14-8-4-3-5-9-14/h3-6,8-11H,7,12-13H2,1-2H3,(H,19,20). The van der Waals surface area contributed by atoms with Crippen molar-refractivity contribution in [2.75, 3.05) is 26.5 Å². The van der Waals surface area contributed by atoms with E-state index < -0.39 is 0 Å². The number of nitrogens with one attached hydrogen (secondary N) is 1. The number of para-hydroxylation sites is 1. The van der Waals surface area contributed by atoms with Gasteiger partial charge in [-0.25, -0.2) is 0 Å². The summed E-state index contributed by atoms with van der Waals surface area (Å²) in [5.74, 6) is 1.83. The van der Waals surface area contributed by atoms with Crippen LogP contribution in [0.5, 0.6) is 11.5 Å². The average Bonchev–Trinajstić information content (AvgIpc) is 2.61. The van der Waals surface area contributed by atoms with Crippen LogP contribution in [-0.4, -0.2) is 32.4 Å². The molecule has 0 radical (unpaired) electrons. The van der Waals surface area contributed by atoms with E-state index in [2.05, 4.69) is 17.4 Å². The Kier molecular flexibility index (Phi) is 6.81. The second kappa shape index (κ2) is 9.10. The third-order valence-electron chi connectivity index (χ3n) is 3.27. The molecule has 0 aliphatic heterocycles. The van der Waals surface area contributed by atoms with Crippen molar-refractivity contribution in [1.82, 2.24) is 5.32 Å². The van der Waals surface area contributed by atoms with E-state index in [-0.39, 0.29) is 5.91 Å². The zero-order valence-electron chi connectivity index (χ0n) is 13.4. The van der Waals surface area contributed by atoms with Gasteiger partial charge in [0.05, 0.1) is 19.8 Å². The highest BCUT2D eigenvalue weighted by atomic mass is 32.2. The van der Waals surface area contributed by atoms with Crippen molar-refractivity contribution in [3.05, 3.63) is 54.1 Å². The molecular weight excluding hydrogens is 310 g/mol. The SMILES string of the molecule is COc1cccc(C(=O)NCCCSc2ccccc2)c1OC. The minimum absolute atomic E-state index is 0.148. The molecule has 1 amide bonds. The number of rotatable bonds is 8. The van der Waals surface area contributed by atoms with Crippen molar-refractivity contribution in [3.8, 4) is 11.5 Å². The Morgan fingerprint density at radius 1 is 1.04 bits per heavy atom. The van der Waals surface area contributed by atoms with Crippen LogP contribution in [0.4, 0.5) is 0 Å². The molecule has 0 atom stereocenters. The molecule has 4 nitrogen and oxygen atoms in total. The van der Waals surface area contributed by atoms with Gasteiger partial charge in [0.15, 0.2) is 11.5 Å². The van der Waals surface area contributed by atoms with Gasteiger partial charge in [-0.3, -0.25) is 4.79 Å². The number of carbonyl (C=O) groups excluding carboxylic acids is 1. The Hall–Kier alpha value is -2.14. The summed E-state index contributed by atoms with van der Waals surface area (Å²) in [7, 11) is 3.09. The van der Waals surface area contributed by atoms with E-state index in [0.717, 1.165) is 12.2 Å². The lowest BCUT2D eigenvalue weighted by atomic mass is 10.1. The lowest BCUT2D eigenvalue weighted by Crippen LogP contribution is -2.25. The molecular formula is C18H21NO3S. The predicted octanol–water partition coefficient (Wildman–Crippen LogP) is 3.62. The molecule has 0 bridgehead atoms. The molecule has 0 fully saturated rings. The fourth-order valence-electron chi connectivity index (χ4n) is 2.14. The first-order chi connectivity index (χ1) is 11.3. The molecule has 2 rings (SSSR count). The third-order valence-corrected chi connectivity index (χ3v) is 4.36. The normalized spacial score (nSPS) is 10.2. The maximum atomic E-state index is 12.3. The first-order valence-electron chi connectivity index (χ1n) is 7.43. The number of thioether (sulfide) groups is 1. The van der Waals surface area contributed by atoms with Crippen LogP contribution in [0.15, 0.2) is 53.4 Å². The van der Waals surface area contributed by atoms with Gasteiger partial charge in [0, 0.05) is 11.4 Å². The Morgan fingerprint density at radius 3 is 2.52 bits per heavy atom. The van der Waals surface area contributed by atoms with Crippen LogP contribution >= 0.6 is 11.8 Å². The highest BCUT2D eigenvalue weighted by Gasteiger charge is 2.15. The Bertz CT molecular complexity index is 631. The number of ether oxygens (including phenoxy) is 2. The van der Waals surface area contributed by atoms with E-state index in [1.807, 2.05) is 18.2 Å². The van der Waals surface area contributed by atoms with Crippen LogP contribution < -0.4 is 14.8 Å². The molecule has 0 aromatic heterocycles. The number of hydrogen-bond donors (Lipinski definition) is 1. The smallest absolute Gasteiger partial charge is 0.255 e. The number of benzene rings is 2. The lowest BCUT2D eigenvalue weighted by Gasteiger charge is -2.12. The van der Waals surface area contributed by atoms with Gasteiger partial charge in [0.1, 0.15) is 0 Å². The van der Waals surface area contributed by atoms with E-state index >= 15 is 0 Å². The monoisotopic (exact) mass is 331 g/mol. The van der Waals surface area contributed by atoms with Crippen molar-refractivity contribution >= 4 is 17.7 Å². The molecule has 0 saturated heterocycles. The maximum Gasteiger partial charge on any atom is 0.255 e. The molecule has 1 N–H and O–H groups in total. The van der Waals surface area contributed by atoms with Crippen molar-refractivity contribution in [2.45, 2.75) is 11.3 Å². The molecule has 2 aromatic rings. The van der Waals surface area contributed by atoms with Crippen molar-refractivity contribution in [2.24, 2.45) is 0 Å². The zero-order chi connectivity index (χ0) is 16.5. The summed E-state index contributed by atoms with van der Waals surface area (Å²) < 4.78 is 10.5. The highest BCUT2D eigenvalue weighted by Crippen LogP contribution is 2.30. The third kappa shape index (κ3) is 4.93. The Balaban J connectivity index is 1.81. The summed E-state index contributed by atoms with van der Waals surface area (Å²) in [6, 6.07) is 15.5. The minimum Gasteiger partial charge on any atom is -0.493 e. The predicted molar refractivity (Wildman–Crippen MR) is 93.7 cm³/mol. The van der Waals surface area contributed by atoms with Crippen LogP contribution in [0.2, 0.25) is 0 Å². The summed E-state index contributed by atoms with van der Waals surface area (Å²) in [6.07, 6.45) is 0.900. The van der Waals surface area contributed by atoms with Crippen LogP contribution in [0.1, 0.15) is 16.8 Å². The van der Waals surface area contributed by atoms with E-state index in [0.29, 0.717) is 23.6 Å². The number of methoxy groups -OCH3 is 2. The van der Waals surface area contributed by atoms with E-state index in [9.17, 15) is 4.79 Å². The molecule has 122 valence electrons. The Labute approximate surface area is 141 Å². The van der Waals surface area contributed by atoms with Crippen LogP contribution in [0.3, 0.4) is 0 Å². The second-order valence-electron chi connectivity index (χ2n) is 4.81. The molecule has 0 saturated carbocycles.